The van der Waals surface area contributed by atoms with Gasteiger partial charge in [-0.05, 0) is 50.6 Å². The fourth-order valence-corrected chi connectivity index (χ4v) is 3.02. The van der Waals surface area contributed by atoms with Crippen LogP contribution in [0.5, 0.6) is 0 Å². The van der Waals surface area contributed by atoms with Gasteiger partial charge in [0.1, 0.15) is 0 Å². The van der Waals surface area contributed by atoms with Crippen molar-refractivity contribution in [3.8, 4) is 0 Å². The second-order valence-electron chi connectivity index (χ2n) is 6.90. The van der Waals surface area contributed by atoms with E-state index >= 15 is 0 Å². The molecule has 2 atom stereocenters. The first-order chi connectivity index (χ1) is 13.8. The average Bonchev–Trinajstić information content (AvgIpc) is 2.98. The van der Waals surface area contributed by atoms with E-state index in [4.69, 9.17) is 4.74 Å². The topological polar surface area (TPSA) is 92.8 Å². The van der Waals surface area contributed by atoms with E-state index in [1.807, 2.05) is 13.0 Å². The Kier molecular flexibility index (Phi) is 5.77. The summed E-state index contributed by atoms with van der Waals surface area (Å²) in [5.74, 6) is -2.01. The van der Waals surface area contributed by atoms with Gasteiger partial charge in [0.15, 0.2) is 6.10 Å². The zero-order valence-electron chi connectivity index (χ0n) is 16.5. The van der Waals surface area contributed by atoms with Crippen molar-refractivity contribution in [2.45, 2.75) is 39.3 Å². The molecule has 2 aromatic rings. The summed E-state index contributed by atoms with van der Waals surface area (Å²) in [6.45, 7) is 5.14. The molecule has 3 amide bonds. The average molecular weight is 394 g/mol. The lowest BCUT2D eigenvalue weighted by Gasteiger charge is -2.20. The lowest BCUT2D eigenvalue weighted by atomic mass is 10.1. The number of nitrogens with one attached hydrogen (secondary N) is 1. The number of benzene rings is 2. The molecule has 0 aromatic heterocycles. The van der Waals surface area contributed by atoms with Gasteiger partial charge in [-0.1, -0.05) is 25.1 Å². The van der Waals surface area contributed by atoms with Gasteiger partial charge < -0.3 is 10.1 Å². The Balaban J connectivity index is 1.72. The number of rotatable bonds is 6. The fraction of sp³-hybridized carbons (Fsp3) is 0.273. The second-order valence-corrected chi connectivity index (χ2v) is 6.90. The van der Waals surface area contributed by atoms with Crippen molar-refractivity contribution in [3.63, 3.8) is 0 Å². The number of esters is 1. The Morgan fingerprint density at radius 3 is 2.31 bits per heavy atom. The van der Waals surface area contributed by atoms with Crippen molar-refractivity contribution in [3.05, 3.63) is 65.2 Å². The van der Waals surface area contributed by atoms with Crippen LogP contribution < -0.4 is 5.32 Å². The molecular formula is C22H22N2O5. The monoisotopic (exact) mass is 394 g/mol. The summed E-state index contributed by atoms with van der Waals surface area (Å²) in [6, 6.07) is 12.8. The lowest BCUT2D eigenvalue weighted by molar-refractivity contribution is -0.123. The van der Waals surface area contributed by atoms with Crippen molar-refractivity contribution >= 4 is 29.4 Å². The number of hydrogen-bond donors (Lipinski definition) is 1. The third-order valence-corrected chi connectivity index (χ3v) is 4.88. The van der Waals surface area contributed by atoms with E-state index in [2.05, 4.69) is 5.32 Å². The van der Waals surface area contributed by atoms with Crippen molar-refractivity contribution in [1.82, 2.24) is 4.90 Å². The van der Waals surface area contributed by atoms with Gasteiger partial charge in [0.25, 0.3) is 17.7 Å². The molecule has 0 saturated carbocycles. The molecule has 150 valence electrons. The van der Waals surface area contributed by atoms with Gasteiger partial charge in [-0.2, -0.15) is 0 Å². The van der Waals surface area contributed by atoms with Gasteiger partial charge in [0.2, 0.25) is 0 Å². The molecule has 0 fully saturated rings. The number of para-hydroxylation sites is 1. The Hall–Kier alpha value is -3.48. The Morgan fingerprint density at radius 2 is 1.66 bits per heavy atom. The van der Waals surface area contributed by atoms with Gasteiger partial charge in [0.05, 0.1) is 16.7 Å². The summed E-state index contributed by atoms with van der Waals surface area (Å²) >= 11 is 0. The van der Waals surface area contributed by atoms with Crippen molar-refractivity contribution in [2.75, 3.05) is 5.32 Å². The van der Waals surface area contributed by atoms with Crippen molar-refractivity contribution in [2.24, 2.45) is 0 Å². The van der Waals surface area contributed by atoms with Crippen LogP contribution in [0.2, 0.25) is 0 Å². The Morgan fingerprint density at radius 1 is 1.00 bits per heavy atom. The first kappa shape index (κ1) is 20.3. The second kappa shape index (κ2) is 8.26. The number of ether oxygens (including phenoxy) is 1. The first-order valence-corrected chi connectivity index (χ1v) is 9.42. The van der Waals surface area contributed by atoms with Crippen LogP contribution in [0.25, 0.3) is 0 Å². The number of carbonyl (C=O) groups is 4. The summed E-state index contributed by atoms with van der Waals surface area (Å²) in [5, 5.41) is 2.66. The SMILES string of the molecule is CC[C@H](C)N1C(=O)c2ccc(C(=O)O[C@@H](C)C(=O)Nc3ccccc3)cc2C1=O. The predicted octanol–water partition coefficient (Wildman–Crippen LogP) is 3.27. The van der Waals surface area contributed by atoms with Crippen LogP contribution in [0.15, 0.2) is 48.5 Å². The molecule has 0 saturated heterocycles. The maximum Gasteiger partial charge on any atom is 0.338 e. The number of hydrogen-bond acceptors (Lipinski definition) is 5. The van der Waals surface area contributed by atoms with E-state index < -0.39 is 23.9 Å². The maximum atomic E-state index is 12.6. The van der Waals surface area contributed by atoms with Crippen molar-refractivity contribution < 1.29 is 23.9 Å². The van der Waals surface area contributed by atoms with E-state index in [1.54, 1.807) is 31.2 Å². The zero-order chi connectivity index (χ0) is 21.1. The van der Waals surface area contributed by atoms with Crippen molar-refractivity contribution in [1.29, 1.82) is 0 Å². The van der Waals surface area contributed by atoms with Crippen LogP contribution in [0.3, 0.4) is 0 Å². The van der Waals surface area contributed by atoms with E-state index in [-0.39, 0.29) is 28.6 Å². The van der Waals surface area contributed by atoms with Gasteiger partial charge in [-0.15, -0.1) is 0 Å². The van der Waals surface area contributed by atoms with E-state index in [0.29, 0.717) is 12.1 Å². The normalized spacial score (nSPS) is 14.9. The van der Waals surface area contributed by atoms with Gasteiger partial charge in [-0.25, -0.2) is 4.79 Å². The van der Waals surface area contributed by atoms with Gasteiger partial charge >= 0.3 is 5.97 Å². The highest BCUT2D eigenvalue weighted by atomic mass is 16.5. The third kappa shape index (κ3) is 4.03. The highest BCUT2D eigenvalue weighted by Gasteiger charge is 2.38. The molecule has 0 spiro atoms. The number of fused-ring (bicyclic) bond motifs is 1. The van der Waals surface area contributed by atoms with Crippen LogP contribution in [0.4, 0.5) is 5.69 Å². The number of imide groups is 1. The van der Waals surface area contributed by atoms with E-state index in [9.17, 15) is 19.2 Å². The van der Waals surface area contributed by atoms with Crippen LogP contribution in [-0.4, -0.2) is 40.7 Å². The molecule has 0 unspecified atom stereocenters. The molecule has 7 nitrogen and oxygen atoms in total. The summed E-state index contributed by atoms with van der Waals surface area (Å²) in [7, 11) is 0. The fourth-order valence-electron chi connectivity index (χ4n) is 3.02. The number of carbonyl (C=O) groups excluding carboxylic acids is 4. The largest absolute Gasteiger partial charge is 0.449 e. The van der Waals surface area contributed by atoms with Crippen LogP contribution in [-0.2, 0) is 9.53 Å². The minimum atomic E-state index is -1.04. The minimum Gasteiger partial charge on any atom is -0.449 e. The standard InChI is InChI=1S/C22H22N2O5/c1-4-13(2)24-20(26)17-11-10-15(12-18(17)21(24)27)22(28)29-14(3)19(25)23-16-8-6-5-7-9-16/h5-14H,4H2,1-3H3,(H,23,25)/t13-,14-/m0/s1. The molecule has 1 N–H and O–H groups in total. The molecule has 29 heavy (non-hydrogen) atoms. The summed E-state index contributed by atoms with van der Waals surface area (Å²) in [5.41, 5.74) is 1.13. The molecule has 1 aliphatic rings. The number of nitrogens with zero attached hydrogens (tertiary/aromatic N) is 1. The summed E-state index contributed by atoms with van der Waals surface area (Å²) in [6.07, 6.45) is -0.404. The number of amides is 3. The first-order valence-electron chi connectivity index (χ1n) is 9.42. The third-order valence-electron chi connectivity index (χ3n) is 4.88. The molecule has 1 heterocycles. The van der Waals surface area contributed by atoms with E-state index in [0.717, 1.165) is 0 Å². The molecule has 0 radical (unpaired) electrons. The molecule has 7 heteroatoms. The highest BCUT2D eigenvalue weighted by molar-refractivity contribution is 6.22. The number of anilines is 1. The molecule has 3 rings (SSSR count). The molecular weight excluding hydrogens is 372 g/mol. The molecule has 0 bridgehead atoms. The molecule has 1 aliphatic heterocycles. The molecule has 0 aliphatic carbocycles. The Bertz CT molecular complexity index is 970. The predicted molar refractivity (Wildman–Crippen MR) is 107 cm³/mol. The summed E-state index contributed by atoms with van der Waals surface area (Å²) < 4.78 is 5.23. The smallest absolute Gasteiger partial charge is 0.338 e. The van der Waals surface area contributed by atoms with Gasteiger partial charge in [-0.3, -0.25) is 19.3 Å². The van der Waals surface area contributed by atoms with Crippen LogP contribution in [0, 0.1) is 0 Å². The van der Waals surface area contributed by atoms with Crippen LogP contribution >= 0.6 is 0 Å². The van der Waals surface area contributed by atoms with E-state index in [1.165, 1.54) is 30.0 Å². The van der Waals surface area contributed by atoms with Gasteiger partial charge in [0, 0.05) is 11.7 Å². The quantitative estimate of drug-likeness (QED) is 0.600. The lowest BCUT2D eigenvalue weighted by Crippen LogP contribution is -2.37. The minimum absolute atomic E-state index is 0.107. The summed E-state index contributed by atoms with van der Waals surface area (Å²) in [4.78, 5) is 51.0. The zero-order valence-corrected chi connectivity index (χ0v) is 16.5. The Labute approximate surface area is 168 Å². The van der Waals surface area contributed by atoms with Crippen LogP contribution in [0.1, 0.15) is 58.3 Å². The maximum absolute atomic E-state index is 12.6. The molecule has 2 aromatic carbocycles. The highest BCUT2D eigenvalue weighted by Crippen LogP contribution is 2.27.